The molecule has 0 atom stereocenters. The summed E-state index contributed by atoms with van der Waals surface area (Å²) in [6.45, 7) is 2.94. The van der Waals surface area contributed by atoms with Gasteiger partial charge < -0.3 is 4.74 Å². The minimum Gasteiger partial charge on any atom is -0.447 e. The van der Waals surface area contributed by atoms with Crippen LogP contribution in [0.25, 0.3) is 0 Å². The topological polar surface area (TPSA) is 45.1 Å². The largest absolute Gasteiger partial charge is 0.447 e. The van der Waals surface area contributed by atoms with Crippen molar-refractivity contribution in [2.75, 3.05) is 20.2 Å². The van der Waals surface area contributed by atoms with E-state index >= 15 is 0 Å². The lowest BCUT2D eigenvalue weighted by Crippen LogP contribution is -2.43. The summed E-state index contributed by atoms with van der Waals surface area (Å²) in [6.07, 6.45) is 2.15. The number of carbonyl (C=O) groups is 1. The number of hydrogen-bond donors (Lipinski definition) is 0. The lowest BCUT2D eigenvalue weighted by Gasteiger charge is -2.28. The molecule has 0 unspecified atom stereocenters. The van der Waals surface area contributed by atoms with Crippen molar-refractivity contribution in [3.05, 3.63) is 0 Å². The summed E-state index contributed by atoms with van der Waals surface area (Å²) in [6, 6.07) is 0. The summed E-state index contributed by atoms with van der Waals surface area (Å²) in [5.74, 6) is 0. The van der Waals surface area contributed by atoms with E-state index in [-0.39, 0.29) is 0 Å². The molecule has 5 nitrogen and oxygen atoms in total. The van der Waals surface area contributed by atoms with E-state index in [1.165, 1.54) is 5.12 Å². The third-order valence-corrected chi connectivity index (χ3v) is 1.53. The van der Waals surface area contributed by atoms with Crippen LogP contribution in [0, 0.1) is 0 Å². The van der Waals surface area contributed by atoms with Crippen LogP contribution in [0.4, 0.5) is 4.79 Å². The zero-order chi connectivity index (χ0) is 8.97. The van der Waals surface area contributed by atoms with E-state index in [0.29, 0.717) is 6.61 Å². The number of hydrazone groups is 1. The first-order valence-electron chi connectivity index (χ1n) is 3.96. The molecule has 0 aromatic heterocycles. The molecule has 0 bridgehead atoms. The Morgan fingerprint density at radius 2 is 2.50 bits per heavy atom. The highest BCUT2D eigenvalue weighted by Crippen LogP contribution is 2.04. The van der Waals surface area contributed by atoms with Crippen molar-refractivity contribution in [1.82, 2.24) is 10.1 Å². The fourth-order valence-corrected chi connectivity index (χ4v) is 0.930. The molecule has 1 rings (SSSR count). The maximum Gasteiger partial charge on any atom is 0.445 e. The number of hydrazine groups is 1. The zero-order valence-electron chi connectivity index (χ0n) is 7.36. The Balaban J connectivity index is 2.53. The van der Waals surface area contributed by atoms with Crippen molar-refractivity contribution in [1.29, 1.82) is 0 Å². The van der Waals surface area contributed by atoms with E-state index in [1.807, 2.05) is 0 Å². The molecule has 0 radical (unpaired) electrons. The van der Waals surface area contributed by atoms with Gasteiger partial charge in [0.15, 0.2) is 0 Å². The van der Waals surface area contributed by atoms with Gasteiger partial charge in [-0.25, -0.2) is 4.79 Å². The maximum absolute atomic E-state index is 11.2. The van der Waals surface area contributed by atoms with Crippen molar-refractivity contribution in [3.63, 3.8) is 0 Å². The van der Waals surface area contributed by atoms with Gasteiger partial charge in [-0.3, -0.25) is 0 Å². The van der Waals surface area contributed by atoms with E-state index in [0.717, 1.165) is 13.0 Å². The van der Waals surface area contributed by atoms with Crippen molar-refractivity contribution < 1.29 is 9.53 Å². The number of amides is 1. The Bertz CT molecular complexity index is 193. The molecular formula is C7H13N3O2. The van der Waals surface area contributed by atoms with Crippen LogP contribution in [0.2, 0.25) is 0 Å². The van der Waals surface area contributed by atoms with Crippen LogP contribution in [0.5, 0.6) is 0 Å². The fourth-order valence-electron chi connectivity index (χ4n) is 0.930. The second-order valence-corrected chi connectivity index (χ2v) is 2.46. The minimum atomic E-state index is -0.420. The molecule has 0 aliphatic carbocycles. The van der Waals surface area contributed by atoms with Crippen LogP contribution >= 0.6 is 0 Å². The van der Waals surface area contributed by atoms with Gasteiger partial charge in [-0.15, -0.1) is 5.12 Å². The van der Waals surface area contributed by atoms with Crippen LogP contribution in [-0.4, -0.2) is 42.6 Å². The van der Waals surface area contributed by atoms with Gasteiger partial charge in [-0.2, -0.15) is 10.1 Å². The second kappa shape index (κ2) is 4.06. The number of hydrogen-bond acceptors (Lipinski definition) is 4. The second-order valence-electron chi connectivity index (χ2n) is 2.46. The monoisotopic (exact) mass is 171 g/mol. The molecule has 0 aromatic rings. The lowest BCUT2D eigenvalue weighted by atomic mass is 10.4. The molecule has 12 heavy (non-hydrogen) atoms. The highest BCUT2D eigenvalue weighted by Gasteiger charge is 2.20. The highest BCUT2D eigenvalue weighted by atomic mass is 16.6. The molecule has 68 valence electrons. The van der Waals surface area contributed by atoms with E-state index in [4.69, 9.17) is 4.74 Å². The van der Waals surface area contributed by atoms with Crippen LogP contribution < -0.4 is 0 Å². The van der Waals surface area contributed by atoms with Crippen molar-refractivity contribution in [2.24, 2.45) is 5.10 Å². The quantitative estimate of drug-likeness (QED) is 0.582. The Morgan fingerprint density at radius 3 is 3.08 bits per heavy atom. The summed E-state index contributed by atoms with van der Waals surface area (Å²) in [4.78, 5) is 11.2. The van der Waals surface area contributed by atoms with Crippen molar-refractivity contribution in [3.8, 4) is 0 Å². The molecule has 0 spiro atoms. The molecule has 5 heteroatoms. The summed E-state index contributed by atoms with van der Waals surface area (Å²) < 4.78 is 4.78. The summed E-state index contributed by atoms with van der Waals surface area (Å²) >= 11 is 0. The van der Waals surface area contributed by atoms with Gasteiger partial charge in [-0.1, -0.05) is 0 Å². The Morgan fingerprint density at radius 1 is 1.75 bits per heavy atom. The smallest absolute Gasteiger partial charge is 0.445 e. The van der Waals surface area contributed by atoms with Gasteiger partial charge in [0.25, 0.3) is 0 Å². The van der Waals surface area contributed by atoms with E-state index < -0.39 is 6.09 Å². The predicted octanol–water partition coefficient (Wildman–Crippen LogP) is 0.681. The Labute approximate surface area is 71.6 Å². The lowest BCUT2D eigenvalue weighted by molar-refractivity contribution is -0.00528. The molecule has 0 saturated heterocycles. The van der Waals surface area contributed by atoms with E-state index in [9.17, 15) is 4.79 Å². The molecule has 0 saturated carbocycles. The molecule has 1 amide bonds. The highest BCUT2D eigenvalue weighted by molar-refractivity contribution is 5.69. The standard InChI is InChI=1S/C7H13N3O2/c1-3-12-7(11)10-8-5-4-6-9(10)2/h5H,3-4,6H2,1-2H3. The number of ether oxygens (including phenoxy) is 1. The van der Waals surface area contributed by atoms with Gasteiger partial charge in [0.2, 0.25) is 0 Å². The number of nitrogens with zero attached hydrogens (tertiary/aromatic N) is 3. The fraction of sp³-hybridized carbons (Fsp3) is 0.714. The van der Waals surface area contributed by atoms with Crippen LogP contribution in [0.1, 0.15) is 13.3 Å². The van der Waals surface area contributed by atoms with Gasteiger partial charge in [0.1, 0.15) is 0 Å². The average molecular weight is 171 g/mol. The predicted molar refractivity (Wildman–Crippen MR) is 44.6 cm³/mol. The molecule has 0 aromatic carbocycles. The third kappa shape index (κ3) is 1.94. The van der Waals surface area contributed by atoms with Crippen molar-refractivity contribution >= 4 is 12.3 Å². The molecule has 1 heterocycles. The SMILES string of the molecule is CCOC(=O)N1N=CCCN1C. The normalized spacial score (nSPS) is 18.0. The summed E-state index contributed by atoms with van der Waals surface area (Å²) in [7, 11) is 1.80. The van der Waals surface area contributed by atoms with E-state index in [2.05, 4.69) is 5.10 Å². The van der Waals surface area contributed by atoms with Crippen LogP contribution in [0.3, 0.4) is 0 Å². The first-order chi connectivity index (χ1) is 5.75. The average Bonchev–Trinajstić information content (AvgIpc) is 2.05. The van der Waals surface area contributed by atoms with Gasteiger partial charge >= 0.3 is 6.09 Å². The van der Waals surface area contributed by atoms with Gasteiger partial charge in [0, 0.05) is 19.8 Å². The van der Waals surface area contributed by atoms with Crippen LogP contribution in [-0.2, 0) is 4.74 Å². The number of carbonyl (C=O) groups excluding carboxylic acids is 1. The molecule has 0 N–H and O–H groups in total. The molecule has 0 fully saturated rings. The van der Waals surface area contributed by atoms with Crippen LogP contribution in [0.15, 0.2) is 5.10 Å². The first-order valence-corrected chi connectivity index (χ1v) is 3.96. The van der Waals surface area contributed by atoms with Gasteiger partial charge in [0.05, 0.1) is 6.61 Å². The molecule has 1 aliphatic heterocycles. The minimum absolute atomic E-state index is 0.374. The first kappa shape index (κ1) is 8.99. The number of rotatable bonds is 1. The van der Waals surface area contributed by atoms with E-state index in [1.54, 1.807) is 25.2 Å². The van der Waals surface area contributed by atoms with Crippen molar-refractivity contribution in [2.45, 2.75) is 13.3 Å². The molecular weight excluding hydrogens is 158 g/mol. The maximum atomic E-state index is 11.2. The van der Waals surface area contributed by atoms with Gasteiger partial charge in [-0.05, 0) is 13.3 Å². The molecule has 1 aliphatic rings. The Hall–Kier alpha value is -1.10. The Kier molecular flexibility index (Phi) is 3.04. The summed E-state index contributed by atoms with van der Waals surface area (Å²) in [5.41, 5.74) is 0. The summed E-state index contributed by atoms with van der Waals surface area (Å²) in [5, 5.41) is 6.84. The zero-order valence-corrected chi connectivity index (χ0v) is 7.36. The third-order valence-electron chi connectivity index (χ3n) is 1.53.